The van der Waals surface area contributed by atoms with Gasteiger partial charge in [-0.3, -0.25) is 9.59 Å². The molecule has 1 saturated carbocycles. The molecule has 1 aromatic rings. The molecular formula is C18H28ClN3O2. The molecule has 134 valence electrons. The number of hydrogen-bond acceptors (Lipinski definition) is 3. The molecule has 0 unspecified atom stereocenters. The molecule has 0 aromatic heterocycles. The van der Waals surface area contributed by atoms with Gasteiger partial charge in [-0.1, -0.05) is 31.4 Å². The standard InChI is InChI=1S/C18H27N3O2.ClH/c1-20-17(23)15-7-5-6-14(10-15)12-21-16(22)11-18(13-19)8-3-2-4-9-18;/h5-7,10H,2-4,8-9,11-13,19H2,1H3,(H,20,23)(H,21,22);1H. The van der Waals surface area contributed by atoms with E-state index in [9.17, 15) is 9.59 Å². The molecule has 24 heavy (non-hydrogen) atoms. The SMILES string of the molecule is CNC(=O)c1cccc(CNC(=O)CC2(CN)CCCCC2)c1.Cl. The minimum absolute atomic E-state index is 0. The number of halogens is 1. The van der Waals surface area contributed by atoms with Crippen LogP contribution in [0.3, 0.4) is 0 Å². The van der Waals surface area contributed by atoms with Crippen molar-refractivity contribution in [2.45, 2.75) is 45.1 Å². The first-order valence-electron chi connectivity index (χ1n) is 8.36. The van der Waals surface area contributed by atoms with Crippen LogP contribution in [0.1, 0.15) is 54.4 Å². The van der Waals surface area contributed by atoms with E-state index in [1.54, 1.807) is 19.2 Å². The lowest BCUT2D eigenvalue weighted by molar-refractivity contribution is -0.124. The van der Waals surface area contributed by atoms with Crippen molar-refractivity contribution in [2.24, 2.45) is 11.1 Å². The van der Waals surface area contributed by atoms with Crippen molar-refractivity contribution in [3.05, 3.63) is 35.4 Å². The van der Waals surface area contributed by atoms with E-state index in [4.69, 9.17) is 5.73 Å². The minimum atomic E-state index is -0.123. The number of carbonyl (C=O) groups is 2. The maximum atomic E-state index is 12.3. The molecule has 0 saturated heterocycles. The Hall–Kier alpha value is -1.59. The van der Waals surface area contributed by atoms with E-state index < -0.39 is 0 Å². The Balaban J connectivity index is 0.00000288. The zero-order chi connectivity index (χ0) is 16.7. The van der Waals surface area contributed by atoms with Crippen LogP contribution < -0.4 is 16.4 Å². The number of carbonyl (C=O) groups excluding carboxylic acids is 2. The second kappa shape index (κ2) is 9.64. The van der Waals surface area contributed by atoms with Gasteiger partial charge in [-0.05, 0) is 42.5 Å². The topological polar surface area (TPSA) is 84.2 Å². The van der Waals surface area contributed by atoms with Gasteiger partial charge in [0.05, 0.1) is 0 Å². The van der Waals surface area contributed by atoms with Crippen molar-refractivity contribution in [1.29, 1.82) is 0 Å². The summed E-state index contributed by atoms with van der Waals surface area (Å²) in [6, 6.07) is 7.30. The Kier molecular flexibility index (Phi) is 8.22. The number of nitrogens with one attached hydrogen (secondary N) is 2. The van der Waals surface area contributed by atoms with Crippen molar-refractivity contribution < 1.29 is 9.59 Å². The van der Waals surface area contributed by atoms with Gasteiger partial charge < -0.3 is 16.4 Å². The molecule has 0 atom stereocenters. The number of amides is 2. The van der Waals surface area contributed by atoms with Crippen LogP contribution in [0, 0.1) is 5.41 Å². The van der Waals surface area contributed by atoms with E-state index in [0.717, 1.165) is 18.4 Å². The van der Waals surface area contributed by atoms with Crippen molar-refractivity contribution in [3.63, 3.8) is 0 Å². The largest absolute Gasteiger partial charge is 0.355 e. The maximum absolute atomic E-state index is 12.3. The van der Waals surface area contributed by atoms with E-state index in [2.05, 4.69) is 10.6 Å². The molecule has 1 fully saturated rings. The Morgan fingerprint density at radius 2 is 1.92 bits per heavy atom. The Bertz CT molecular complexity index is 557. The monoisotopic (exact) mass is 353 g/mol. The van der Waals surface area contributed by atoms with E-state index in [0.29, 0.717) is 25.1 Å². The van der Waals surface area contributed by atoms with Crippen LogP contribution in [0.25, 0.3) is 0 Å². The first-order valence-corrected chi connectivity index (χ1v) is 8.36. The minimum Gasteiger partial charge on any atom is -0.355 e. The molecule has 1 aliphatic carbocycles. The maximum Gasteiger partial charge on any atom is 0.251 e. The third-order valence-electron chi connectivity index (χ3n) is 4.79. The Labute approximate surface area is 150 Å². The van der Waals surface area contributed by atoms with Crippen molar-refractivity contribution in [2.75, 3.05) is 13.6 Å². The summed E-state index contributed by atoms with van der Waals surface area (Å²) < 4.78 is 0. The molecule has 0 heterocycles. The highest BCUT2D eigenvalue weighted by Gasteiger charge is 2.32. The molecule has 4 N–H and O–H groups in total. The first kappa shape index (κ1) is 20.5. The van der Waals surface area contributed by atoms with Gasteiger partial charge in [-0.25, -0.2) is 0 Å². The van der Waals surface area contributed by atoms with Gasteiger partial charge in [0, 0.05) is 25.6 Å². The van der Waals surface area contributed by atoms with Crippen LogP contribution in [0.4, 0.5) is 0 Å². The van der Waals surface area contributed by atoms with Gasteiger partial charge in [-0.2, -0.15) is 0 Å². The highest BCUT2D eigenvalue weighted by molar-refractivity contribution is 5.94. The lowest BCUT2D eigenvalue weighted by Gasteiger charge is -2.35. The molecule has 0 bridgehead atoms. The lowest BCUT2D eigenvalue weighted by atomic mass is 9.71. The second-order valence-electron chi connectivity index (χ2n) is 6.50. The van der Waals surface area contributed by atoms with E-state index >= 15 is 0 Å². The van der Waals surface area contributed by atoms with Crippen molar-refractivity contribution in [1.82, 2.24) is 10.6 Å². The summed E-state index contributed by atoms with van der Waals surface area (Å²) in [6.07, 6.45) is 6.16. The predicted octanol–water partition coefficient (Wildman–Crippen LogP) is 2.38. The van der Waals surface area contributed by atoms with Gasteiger partial charge in [0.15, 0.2) is 0 Å². The number of rotatable bonds is 6. The molecule has 0 spiro atoms. The summed E-state index contributed by atoms with van der Waals surface area (Å²) in [5.41, 5.74) is 7.44. The van der Waals surface area contributed by atoms with Crippen molar-refractivity contribution >= 4 is 24.2 Å². The van der Waals surface area contributed by atoms with E-state index in [1.807, 2.05) is 12.1 Å². The highest BCUT2D eigenvalue weighted by Crippen LogP contribution is 2.38. The zero-order valence-corrected chi connectivity index (χ0v) is 15.1. The molecule has 5 nitrogen and oxygen atoms in total. The fourth-order valence-electron chi connectivity index (χ4n) is 3.33. The molecule has 0 aliphatic heterocycles. The molecule has 6 heteroatoms. The number of hydrogen-bond donors (Lipinski definition) is 3. The summed E-state index contributed by atoms with van der Waals surface area (Å²) in [7, 11) is 1.60. The van der Waals surface area contributed by atoms with Gasteiger partial charge in [-0.15, -0.1) is 12.4 Å². The summed E-state index contributed by atoms with van der Waals surface area (Å²) in [4.78, 5) is 23.9. The summed E-state index contributed by atoms with van der Waals surface area (Å²) >= 11 is 0. The highest BCUT2D eigenvalue weighted by atomic mass is 35.5. The normalized spacial score (nSPS) is 15.9. The van der Waals surface area contributed by atoms with Gasteiger partial charge in [0.1, 0.15) is 0 Å². The van der Waals surface area contributed by atoms with Gasteiger partial charge in [0.2, 0.25) is 5.91 Å². The quantitative estimate of drug-likeness (QED) is 0.734. The van der Waals surface area contributed by atoms with Crippen LogP contribution in [0.15, 0.2) is 24.3 Å². The van der Waals surface area contributed by atoms with Gasteiger partial charge in [0.25, 0.3) is 5.91 Å². The zero-order valence-electron chi connectivity index (χ0n) is 14.3. The van der Waals surface area contributed by atoms with Crippen LogP contribution in [-0.4, -0.2) is 25.4 Å². The predicted molar refractivity (Wildman–Crippen MR) is 98.1 cm³/mol. The van der Waals surface area contributed by atoms with Crippen LogP contribution in [0.5, 0.6) is 0 Å². The van der Waals surface area contributed by atoms with Crippen LogP contribution in [-0.2, 0) is 11.3 Å². The summed E-state index contributed by atoms with van der Waals surface area (Å²) in [5, 5.41) is 5.56. The van der Waals surface area contributed by atoms with E-state index in [-0.39, 0.29) is 29.6 Å². The van der Waals surface area contributed by atoms with Crippen molar-refractivity contribution in [3.8, 4) is 0 Å². The van der Waals surface area contributed by atoms with E-state index in [1.165, 1.54) is 19.3 Å². The molecule has 0 radical (unpaired) electrons. The third-order valence-corrected chi connectivity index (χ3v) is 4.79. The lowest BCUT2D eigenvalue weighted by Crippen LogP contribution is -2.38. The molecule has 2 rings (SSSR count). The van der Waals surface area contributed by atoms with Gasteiger partial charge >= 0.3 is 0 Å². The molecular weight excluding hydrogens is 326 g/mol. The summed E-state index contributed by atoms with van der Waals surface area (Å²) in [6.45, 7) is 1.01. The fraction of sp³-hybridized carbons (Fsp3) is 0.556. The fourth-order valence-corrected chi connectivity index (χ4v) is 3.33. The molecule has 1 aliphatic rings. The smallest absolute Gasteiger partial charge is 0.251 e. The number of nitrogens with two attached hydrogens (primary N) is 1. The van der Waals surface area contributed by atoms with Crippen LogP contribution in [0.2, 0.25) is 0 Å². The third kappa shape index (κ3) is 5.49. The molecule has 1 aromatic carbocycles. The summed E-state index contributed by atoms with van der Waals surface area (Å²) in [5.74, 6) is -0.0786. The number of benzene rings is 1. The first-order chi connectivity index (χ1) is 11.1. The average Bonchev–Trinajstić information content (AvgIpc) is 2.60. The molecule has 2 amide bonds. The Morgan fingerprint density at radius 3 is 2.54 bits per heavy atom. The Morgan fingerprint density at radius 1 is 1.21 bits per heavy atom. The average molecular weight is 354 g/mol. The second-order valence-corrected chi connectivity index (χ2v) is 6.50. The van der Waals surface area contributed by atoms with Crippen LogP contribution >= 0.6 is 12.4 Å².